The first-order valence-electron chi connectivity index (χ1n) is 6.97. The maximum Gasteiger partial charge on any atom is 0.231 e. The van der Waals surface area contributed by atoms with Crippen molar-refractivity contribution in [2.75, 3.05) is 20.4 Å². The second-order valence-electron chi connectivity index (χ2n) is 5.21. The van der Waals surface area contributed by atoms with Gasteiger partial charge in [0.25, 0.3) is 0 Å². The highest BCUT2D eigenvalue weighted by Crippen LogP contribution is 2.32. The number of aromatic amines is 1. The van der Waals surface area contributed by atoms with Gasteiger partial charge in [0.1, 0.15) is 6.54 Å². The lowest BCUT2D eigenvalue weighted by molar-refractivity contribution is -0.893. The smallest absolute Gasteiger partial charge is 0.231 e. The van der Waals surface area contributed by atoms with Gasteiger partial charge in [-0.15, -0.1) is 0 Å². The molecule has 3 rings (SSSR count). The van der Waals surface area contributed by atoms with E-state index < -0.39 is 0 Å². The van der Waals surface area contributed by atoms with E-state index in [1.54, 1.807) is 0 Å². The Morgan fingerprint density at radius 2 is 2.05 bits per heavy atom. The fraction of sp³-hybridized carbons (Fsp3) is 0.312. The largest absolute Gasteiger partial charge is 0.454 e. The average molecular weight is 272 g/mol. The van der Waals surface area contributed by atoms with E-state index >= 15 is 0 Å². The van der Waals surface area contributed by atoms with Crippen molar-refractivity contribution < 1.29 is 19.4 Å². The van der Waals surface area contributed by atoms with Crippen LogP contribution in [0.4, 0.5) is 0 Å². The Labute approximate surface area is 119 Å². The predicted molar refractivity (Wildman–Crippen MR) is 74.7 cm³/mol. The van der Waals surface area contributed by atoms with Gasteiger partial charge in [-0.2, -0.15) is 0 Å². The molecule has 0 aliphatic carbocycles. The highest BCUT2D eigenvalue weighted by Gasteiger charge is 2.15. The molecular formula is C16H20N2O2+2. The molecule has 2 aromatic rings. The lowest BCUT2D eigenvalue weighted by Gasteiger charge is -2.13. The first kappa shape index (κ1) is 12.9. The molecule has 0 amide bonds. The molecule has 1 aliphatic heterocycles. The summed E-state index contributed by atoms with van der Waals surface area (Å²) < 4.78 is 10.7. The number of H-pyrrole nitrogens is 1. The Bertz CT molecular complexity index is 572. The molecule has 2 heterocycles. The Kier molecular flexibility index (Phi) is 3.83. The predicted octanol–water partition coefficient (Wildman–Crippen LogP) is 0.487. The van der Waals surface area contributed by atoms with Crippen molar-refractivity contribution >= 4 is 0 Å². The minimum absolute atomic E-state index is 0.339. The molecule has 104 valence electrons. The van der Waals surface area contributed by atoms with E-state index in [4.69, 9.17) is 9.47 Å². The zero-order valence-corrected chi connectivity index (χ0v) is 11.7. The first-order valence-corrected chi connectivity index (χ1v) is 6.97. The number of hydrogen-bond donors (Lipinski definition) is 1. The third-order valence-corrected chi connectivity index (χ3v) is 3.54. The molecule has 0 saturated heterocycles. The number of likely N-dealkylation sites (N-methyl/N-ethyl adjacent to an activating group) is 1. The number of hydrogen-bond acceptors (Lipinski definition) is 2. The van der Waals surface area contributed by atoms with Crippen LogP contribution in [0.15, 0.2) is 42.6 Å². The number of nitrogens with one attached hydrogen (secondary N) is 2. The highest BCUT2D eigenvalue weighted by atomic mass is 16.7. The van der Waals surface area contributed by atoms with E-state index in [-0.39, 0.29) is 0 Å². The van der Waals surface area contributed by atoms with Crippen molar-refractivity contribution in [2.45, 2.75) is 13.0 Å². The minimum atomic E-state index is 0.339. The molecule has 1 aromatic carbocycles. The highest BCUT2D eigenvalue weighted by molar-refractivity contribution is 5.44. The summed E-state index contributed by atoms with van der Waals surface area (Å²) in [5, 5.41) is 0. The second-order valence-corrected chi connectivity index (χ2v) is 5.21. The van der Waals surface area contributed by atoms with Gasteiger partial charge in [-0.3, -0.25) is 0 Å². The van der Waals surface area contributed by atoms with E-state index in [0.29, 0.717) is 6.79 Å². The van der Waals surface area contributed by atoms with Gasteiger partial charge in [0.2, 0.25) is 6.79 Å². The average Bonchev–Trinajstić information content (AvgIpc) is 2.94. The molecule has 0 spiro atoms. The Balaban J connectivity index is 1.55. The number of rotatable bonds is 5. The lowest BCUT2D eigenvalue weighted by Crippen LogP contribution is -3.07. The van der Waals surface area contributed by atoms with E-state index in [1.807, 2.05) is 18.3 Å². The number of benzene rings is 1. The Hall–Kier alpha value is -2.07. The zero-order valence-electron chi connectivity index (χ0n) is 11.7. The SMILES string of the molecule is C[NH+](CCc1cccc[nH+]1)Cc1ccc2c(c1)OCO2. The van der Waals surface area contributed by atoms with E-state index in [2.05, 4.69) is 36.3 Å². The van der Waals surface area contributed by atoms with Crippen LogP contribution in [0.2, 0.25) is 0 Å². The summed E-state index contributed by atoms with van der Waals surface area (Å²) in [5.41, 5.74) is 2.56. The number of pyridine rings is 1. The molecule has 0 fully saturated rings. The van der Waals surface area contributed by atoms with Gasteiger partial charge >= 0.3 is 0 Å². The van der Waals surface area contributed by atoms with Gasteiger partial charge < -0.3 is 14.4 Å². The van der Waals surface area contributed by atoms with Crippen LogP contribution >= 0.6 is 0 Å². The molecule has 4 heteroatoms. The second kappa shape index (κ2) is 5.92. The molecule has 20 heavy (non-hydrogen) atoms. The normalized spacial score (nSPS) is 14.2. The van der Waals surface area contributed by atoms with Crippen LogP contribution in [0.25, 0.3) is 0 Å². The standard InChI is InChI=1S/C16H18N2O2/c1-18(9-7-14-4-2-3-8-17-14)11-13-5-6-15-16(10-13)20-12-19-15/h2-6,8,10H,7,9,11-12H2,1H3/p+2. The summed E-state index contributed by atoms with van der Waals surface area (Å²) >= 11 is 0. The maximum atomic E-state index is 5.41. The monoisotopic (exact) mass is 272 g/mol. The van der Waals surface area contributed by atoms with Gasteiger partial charge in [0, 0.05) is 17.7 Å². The maximum absolute atomic E-state index is 5.41. The summed E-state index contributed by atoms with van der Waals surface area (Å²) in [5.74, 6) is 1.72. The fourth-order valence-electron chi connectivity index (χ4n) is 2.42. The van der Waals surface area contributed by atoms with Gasteiger partial charge in [-0.25, -0.2) is 4.98 Å². The number of aromatic nitrogens is 1. The number of quaternary nitrogens is 1. The van der Waals surface area contributed by atoms with Crippen molar-refractivity contribution in [3.63, 3.8) is 0 Å². The lowest BCUT2D eigenvalue weighted by atomic mass is 10.2. The summed E-state index contributed by atoms with van der Waals surface area (Å²) in [4.78, 5) is 4.74. The van der Waals surface area contributed by atoms with Gasteiger partial charge in [0.05, 0.1) is 20.0 Å². The molecule has 4 nitrogen and oxygen atoms in total. The molecule has 1 aromatic heterocycles. The molecule has 1 atom stereocenters. The minimum Gasteiger partial charge on any atom is -0.454 e. The molecule has 0 bridgehead atoms. The van der Waals surface area contributed by atoms with Crippen LogP contribution in [0.5, 0.6) is 11.5 Å². The third kappa shape index (κ3) is 3.08. The molecule has 2 N–H and O–H groups in total. The quantitative estimate of drug-likeness (QED) is 0.860. The van der Waals surface area contributed by atoms with Crippen molar-refractivity contribution in [2.24, 2.45) is 0 Å². The molecule has 1 aliphatic rings. The summed E-state index contributed by atoms with van der Waals surface area (Å²) in [7, 11) is 2.22. The van der Waals surface area contributed by atoms with E-state index in [1.165, 1.54) is 16.2 Å². The van der Waals surface area contributed by atoms with Gasteiger partial charge in [0.15, 0.2) is 23.4 Å². The van der Waals surface area contributed by atoms with Crippen LogP contribution in [-0.2, 0) is 13.0 Å². The summed E-state index contributed by atoms with van der Waals surface area (Å²) in [6.45, 7) is 2.42. The third-order valence-electron chi connectivity index (χ3n) is 3.54. The fourth-order valence-corrected chi connectivity index (χ4v) is 2.42. The van der Waals surface area contributed by atoms with Crippen LogP contribution in [0, 0.1) is 0 Å². The molecular weight excluding hydrogens is 252 g/mol. The van der Waals surface area contributed by atoms with Crippen molar-refractivity contribution in [3.05, 3.63) is 53.9 Å². The summed E-state index contributed by atoms with van der Waals surface area (Å²) in [6, 6.07) is 12.4. The van der Waals surface area contributed by atoms with Crippen molar-refractivity contribution in [1.29, 1.82) is 0 Å². The molecule has 1 unspecified atom stereocenters. The van der Waals surface area contributed by atoms with Crippen molar-refractivity contribution in [3.8, 4) is 11.5 Å². The number of fused-ring (bicyclic) bond motifs is 1. The van der Waals surface area contributed by atoms with Gasteiger partial charge in [-0.1, -0.05) is 6.07 Å². The van der Waals surface area contributed by atoms with E-state index in [9.17, 15) is 0 Å². The zero-order chi connectivity index (χ0) is 13.8. The van der Waals surface area contributed by atoms with Crippen LogP contribution in [0.3, 0.4) is 0 Å². The number of ether oxygens (including phenoxy) is 2. The Morgan fingerprint density at radius 1 is 1.15 bits per heavy atom. The topological polar surface area (TPSA) is 37.0 Å². The van der Waals surface area contributed by atoms with Crippen LogP contribution in [-0.4, -0.2) is 20.4 Å². The summed E-state index contributed by atoms with van der Waals surface area (Å²) in [6.07, 6.45) is 3.03. The van der Waals surface area contributed by atoms with Gasteiger partial charge in [-0.05, 0) is 18.2 Å². The Morgan fingerprint density at radius 3 is 2.90 bits per heavy atom. The van der Waals surface area contributed by atoms with Crippen molar-refractivity contribution in [1.82, 2.24) is 0 Å². The van der Waals surface area contributed by atoms with E-state index in [0.717, 1.165) is 31.0 Å². The molecule has 0 radical (unpaired) electrons. The van der Waals surface area contributed by atoms with Crippen LogP contribution in [0.1, 0.15) is 11.3 Å². The first-order chi connectivity index (χ1) is 9.81. The molecule has 0 saturated carbocycles. The van der Waals surface area contributed by atoms with Crippen LogP contribution < -0.4 is 19.4 Å².